The number of aromatic nitrogens is 1. The molecule has 2 unspecified atom stereocenters. The van der Waals surface area contributed by atoms with Crippen molar-refractivity contribution < 1.29 is 4.79 Å². The van der Waals surface area contributed by atoms with Gasteiger partial charge in [0, 0.05) is 11.7 Å². The van der Waals surface area contributed by atoms with Gasteiger partial charge in [-0.15, -0.1) is 0 Å². The van der Waals surface area contributed by atoms with Crippen LogP contribution in [0, 0.1) is 12.8 Å². The minimum Gasteiger partial charge on any atom is -0.353 e. The summed E-state index contributed by atoms with van der Waals surface area (Å²) in [7, 11) is 0. The Bertz CT molecular complexity index is 396. The normalized spacial score (nSPS) is 24.6. The van der Waals surface area contributed by atoms with Crippen LogP contribution in [0.15, 0.2) is 6.07 Å². The molecule has 2 atom stereocenters. The smallest absolute Gasteiger partial charge is 0.267 e. The first kappa shape index (κ1) is 12.5. The second-order valence-corrected chi connectivity index (χ2v) is 5.11. The predicted molar refractivity (Wildman–Crippen MR) is 68.4 cm³/mol. The molecule has 94 valence electrons. The van der Waals surface area contributed by atoms with Crippen LogP contribution >= 0.6 is 11.6 Å². The van der Waals surface area contributed by atoms with Gasteiger partial charge in [-0.05, 0) is 38.4 Å². The molecule has 1 aliphatic rings. The molecular formula is C12H18ClN3O. The van der Waals surface area contributed by atoms with E-state index in [9.17, 15) is 4.79 Å². The van der Waals surface area contributed by atoms with Gasteiger partial charge in [-0.1, -0.05) is 18.5 Å². The van der Waals surface area contributed by atoms with Gasteiger partial charge in [0.2, 0.25) is 0 Å². The number of hydrogen-bond donors (Lipinski definition) is 3. The topological polar surface area (TPSA) is 56.9 Å². The zero-order chi connectivity index (χ0) is 12.4. The molecule has 2 rings (SSSR count). The average molecular weight is 256 g/mol. The molecule has 0 aliphatic carbocycles. The Morgan fingerprint density at radius 2 is 2.35 bits per heavy atom. The van der Waals surface area contributed by atoms with Crippen LogP contribution in [0.2, 0.25) is 5.02 Å². The Hall–Kier alpha value is -1.00. The van der Waals surface area contributed by atoms with Gasteiger partial charge in [-0.2, -0.15) is 0 Å². The number of rotatable bonds is 2. The van der Waals surface area contributed by atoms with Crippen molar-refractivity contribution in [1.29, 1.82) is 0 Å². The van der Waals surface area contributed by atoms with Gasteiger partial charge >= 0.3 is 0 Å². The molecule has 1 fully saturated rings. The fourth-order valence-corrected chi connectivity index (χ4v) is 2.29. The third-order valence-electron chi connectivity index (χ3n) is 3.30. The third-order valence-corrected chi connectivity index (χ3v) is 3.69. The summed E-state index contributed by atoms with van der Waals surface area (Å²) in [6.07, 6.45) is 0.973. The van der Waals surface area contributed by atoms with Crippen molar-refractivity contribution in [3.05, 3.63) is 22.5 Å². The molecule has 1 aliphatic heterocycles. The van der Waals surface area contributed by atoms with Crippen molar-refractivity contribution in [2.24, 2.45) is 5.92 Å². The van der Waals surface area contributed by atoms with E-state index in [2.05, 4.69) is 22.5 Å². The number of piperidine rings is 1. The Morgan fingerprint density at radius 3 is 2.94 bits per heavy atom. The lowest BCUT2D eigenvalue weighted by atomic mass is 9.95. The molecule has 4 nitrogen and oxygen atoms in total. The molecule has 1 aromatic heterocycles. The summed E-state index contributed by atoms with van der Waals surface area (Å²) < 4.78 is 0. The van der Waals surface area contributed by atoms with Crippen molar-refractivity contribution in [3.63, 3.8) is 0 Å². The summed E-state index contributed by atoms with van der Waals surface area (Å²) in [6.45, 7) is 5.91. The summed E-state index contributed by atoms with van der Waals surface area (Å²) in [5, 5.41) is 6.97. The lowest BCUT2D eigenvalue weighted by molar-refractivity contribution is 0.0909. The Balaban J connectivity index is 2.01. The highest BCUT2D eigenvalue weighted by atomic mass is 35.5. The maximum absolute atomic E-state index is 12.0. The largest absolute Gasteiger partial charge is 0.353 e. The standard InChI is InChI=1S/C12H18ClN3O/c1-7-6-14-4-3-10(7)16-12(17)11-5-9(13)8(2)15-11/h5,7,10,14-15H,3-4,6H2,1-2H3,(H,16,17). The molecule has 3 N–H and O–H groups in total. The van der Waals surface area contributed by atoms with Crippen molar-refractivity contribution >= 4 is 17.5 Å². The first-order chi connectivity index (χ1) is 8.08. The lowest BCUT2D eigenvalue weighted by Gasteiger charge is -2.30. The van der Waals surface area contributed by atoms with Crippen LogP contribution < -0.4 is 10.6 Å². The van der Waals surface area contributed by atoms with Crippen molar-refractivity contribution in [1.82, 2.24) is 15.6 Å². The van der Waals surface area contributed by atoms with Gasteiger partial charge in [0.1, 0.15) is 5.69 Å². The number of carbonyl (C=O) groups is 1. The molecule has 5 heteroatoms. The maximum Gasteiger partial charge on any atom is 0.267 e. The van der Waals surface area contributed by atoms with E-state index in [-0.39, 0.29) is 11.9 Å². The van der Waals surface area contributed by atoms with E-state index in [4.69, 9.17) is 11.6 Å². The van der Waals surface area contributed by atoms with Crippen LogP contribution in [-0.4, -0.2) is 30.0 Å². The zero-order valence-corrected chi connectivity index (χ0v) is 10.9. The molecule has 0 aromatic carbocycles. The maximum atomic E-state index is 12.0. The highest BCUT2D eigenvalue weighted by molar-refractivity contribution is 6.31. The SMILES string of the molecule is Cc1[nH]c(C(=O)NC2CCNCC2C)cc1Cl. The predicted octanol–water partition coefficient (Wildman–Crippen LogP) is 1.70. The summed E-state index contributed by atoms with van der Waals surface area (Å²) in [4.78, 5) is 15.0. The summed E-state index contributed by atoms with van der Waals surface area (Å²) in [6, 6.07) is 1.92. The van der Waals surface area contributed by atoms with Gasteiger partial charge in [0.05, 0.1) is 5.02 Å². The highest BCUT2D eigenvalue weighted by Gasteiger charge is 2.23. The van der Waals surface area contributed by atoms with Crippen LogP contribution in [0.3, 0.4) is 0 Å². The molecule has 1 amide bonds. The van der Waals surface area contributed by atoms with Crippen LogP contribution in [0.4, 0.5) is 0 Å². The number of aromatic amines is 1. The van der Waals surface area contributed by atoms with Gasteiger partial charge in [0.15, 0.2) is 0 Å². The van der Waals surface area contributed by atoms with Crippen molar-refractivity contribution in [2.45, 2.75) is 26.3 Å². The molecule has 1 aromatic rings. The minimum absolute atomic E-state index is 0.0706. The van der Waals surface area contributed by atoms with Crippen LogP contribution in [0.25, 0.3) is 0 Å². The third kappa shape index (κ3) is 2.82. The molecular weight excluding hydrogens is 238 g/mol. The Labute approximate surface area is 106 Å². The Morgan fingerprint density at radius 1 is 1.59 bits per heavy atom. The second-order valence-electron chi connectivity index (χ2n) is 4.71. The number of nitrogens with one attached hydrogen (secondary N) is 3. The van der Waals surface area contributed by atoms with E-state index in [0.717, 1.165) is 25.2 Å². The van der Waals surface area contributed by atoms with E-state index >= 15 is 0 Å². The number of amides is 1. The number of hydrogen-bond acceptors (Lipinski definition) is 2. The lowest BCUT2D eigenvalue weighted by Crippen LogP contribution is -2.48. The van der Waals surface area contributed by atoms with Gasteiger partial charge in [0.25, 0.3) is 5.91 Å². The summed E-state index contributed by atoms with van der Waals surface area (Å²) in [5.74, 6) is 0.387. The fourth-order valence-electron chi connectivity index (χ4n) is 2.13. The fraction of sp³-hybridized carbons (Fsp3) is 0.583. The van der Waals surface area contributed by atoms with Gasteiger partial charge < -0.3 is 15.6 Å². The van der Waals surface area contributed by atoms with Crippen LogP contribution in [0.5, 0.6) is 0 Å². The minimum atomic E-state index is -0.0706. The van der Waals surface area contributed by atoms with Crippen molar-refractivity contribution in [2.75, 3.05) is 13.1 Å². The van der Waals surface area contributed by atoms with Crippen molar-refractivity contribution in [3.8, 4) is 0 Å². The number of halogens is 1. The quantitative estimate of drug-likeness (QED) is 0.754. The molecule has 0 radical (unpaired) electrons. The first-order valence-corrected chi connectivity index (χ1v) is 6.32. The van der Waals surface area contributed by atoms with Crippen LogP contribution in [-0.2, 0) is 0 Å². The van der Waals surface area contributed by atoms with E-state index in [0.29, 0.717) is 16.6 Å². The average Bonchev–Trinajstić information content (AvgIpc) is 2.63. The summed E-state index contributed by atoms with van der Waals surface area (Å²) >= 11 is 5.92. The highest BCUT2D eigenvalue weighted by Crippen LogP contribution is 2.17. The van der Waals surface area contributed by atoms with E-state index in [1.807, 2.05) is 6.92 Å². The van der Waals surface area contributed by atoms with E-state index in [1.54, 1.807) is 6.07 Å². The first-order valence-electron chi connectivity index (χ1n) is 5.94. The van der Waals surface area contributed by atoms with E-state index < -0.39 is 0 Å². The Kier molecular flexibility index (Phi) is 3.74. The summed E-state index contributed by atoms with van der Waals surface area (Å²) in [5.41, 5.74) is 1.37. The van der Waals surface area contributed by atoms with Gasteiger partial charge in [-0.3, -0.25) is 4.79 Å². The molecule has 0 saturated carbocycles. The molecule has 17 heavy (non-hydrogen) atoms. The van der Waals surface area contributed by atoms with Gasteiger partial charge in [-0.25, -0.2) is 0 Å². The molecule has 0 bridgehead atoms. The molecule has 2 heterocycles. The second kappa shape index (κ2) is 5.10. The molecule has 1 saturated heterocycles. The monoisotopic (exact) mass is 255 g/mol. The van der Waals surface area contributed by atoms with E-state index in [1.165, 1.54) is 0 Å². The zero-order valence-electron chi connectivity index (χ0n) is 10.1. The number of aryl methyl sites for hydroxylation is 1. The molecule has 0 spiro atoms. The number of carbonyl (C=O) groups excluding carboxylic acids is 1. The van der Waals surface area contributed by atoms with Crippen LogP contribution in [0.1, 0.15) is 29.5 Å². The number of H-pyrrole nitrogens is 1.